The van der Waals surface area contributed by atoms with Crippen molar-refractivity contribution in [3.8, 4) is 0 Å². The molecule has 1 aliphatic rings. The van der Waals surface area contributed by atoms with Crippen LogP contribution in [0.2, 0.25) is 0 Å². The van der Waals surface area contributed by atoms with E-state index in [9.17, 15) is 14.0 Å². The number of ether oxygens (including phenoxy) is 1. The molecular weight excluding hydrogens is 423 g/mol. The van der Waals surface area contributed by atoms with Crippen LogP contribution >= 0.6 is 0 Å². The zero-order chi connectivity index (χ0) is 24.2. The van der Waals surface area contributed by atoms with Crippen LogP contribution in [0.5, 0.6) is 0 Å². The fraction of sp³-hybridized carbons (Fsp3) is 0.480. The lowest BCUT2D eigenvalue weighted by Gasteiger charge is -2.29. The van der Waals surface area contributed by atoms with Crippen molar-refractivity contribution in [3.05, 3.63) is 59.7 Å². The smallest absolute Gasteiger partial charge is 0.262 e. The quantitative estimate of drug-likeness (QED) is 0.608. The SMILES string of the molecule is COCCN(CC(=O)N1N=C(c2cccn2C)C[C@@H]1c1ccc(F)cc1)C(=O)CC(C)(C)C. The van der Waals surface area contributed by atoms with Gasteiger partial charge < -0.3 is 14.2 Å². The van der Waals surface area contributed by atoms with Crippen molar-refractivity contribution < 1.29 is 18.7 Å². The monoisotopic (exact) mass is 456 g/mol. The fourth-order valence-corrected chi connectivity index (χ4v) is 3.90. The van der Waals surface area contributed by atoms with Gasteiger partial charge in [-0.15, -0.1) is 0 Å². The second kappa shape index (κ2) is 10.3. The number of hydrogen-bond acceptors (Lipinski definition) is 4. The van der Waals surface area contributed by atoms with Crippen LogP contribution in [0.1, 0.15) is 50.9 Å². The van der Waals surface area contributed by atoms with Crippen LogP contribution in [0.15, 0.2) is 47.7 Å². The van der Waals surface area contributed by atoms with Crippen LogP contribution in [0.25, 0.3) is 0 Å². The molecule has 0 unspecified atom stereocenters. The Labute approximate surface area is 194 Å². The van der Waals surface area contributed by atoms with E-state index in [2.05, 4.69) is 5.10 Å². The third kappa shape index (κ3) is 6.28. The number of halogens is 1. The molecule has 0 fully saturated rings. The van der Waals surface area contributed by atoms with Gasteiger partial charge in [0.15, 0.2) is 0 Å². The lowest BCUT2D eigenvalue weighted by atomic mass is 9.91. The summed E-state index contributed by atoms with van der Waals surface area (Å²) in [5.74, 6) is -0.722. The van der Waals surface area contributed by atoms with Gasteiger partial charge in [-0.05, 0) is 35.2 Å². The Balaban J connectivity index is 1.87. The molecule has 2 amide bonds. The highest BCUT2D eigenvalue weighted by Crippen LogP contribution is 2.33. The van der Waals surface area contributed by atoms with Gasteiger partial charge in [-0.1, -0.05) is 32.9 Å². The summed E-state index contributed by atoms with van der Waals surface area (Å²) in [5.41, 5.74) is 2.28. The Kier molecular flexibility index (Phi) is 7.68. The van der Waals surface area contributed by atoms with E-state index in [1.54, 1.807) is 19.2 Å². The molecule has 0 saturated heterocycles. The Morgan fingerprint density at radius 3 is 2.48 bits per heavy atom. The van der Waals surface area contributed by atoms with E-state index >= 15 is 0 Å². The van der Waals surface area contributed by atoms with E-state index in [-0.39, 0.29) is 35.6 Å². The molecule has 1 aromatic carbocycles. The second-order valence-corrected chi connectivity index (χ2v) is 9.61. The van der Waals surface area contributed by atoms with E-state index in [4.69, 9.17) is 4.74 Å². The van der Waals surface area contributed by atoms with Gasteiger partial charge in [0.1, 0.15) is 12.4 Å². The van der Waals surface area contributed by atoms with Crippen molar-refractivity contribution in [1.29, 1.82) is 0 Å². The lowest BCUT2D eigenvalue weighted by Crippen LogP contribution is -2.43. The van der Waals surface area contributed by atoms with Crippen LogP contribution in [-0.4, -0.2) is 58.8 Å². The molecule has 0 bridgehead atoms. The Morgan fingerprint density at radius 2 is 1.91 bits per heavy atom. The topological polar surface area (TPSA) is 67.1 Å². The number of amides is 2. The summed E-state index contributed by atoms with van der Waals surface area (Å²) < 4.78 is 20.6. The predicted octanol–water partition coefficient (Wildman–Crippen LogP) is 3.75. The zero-order valence-corrected chi connectivity index (χ0v) is 20.0. The van der Waals surface area contributed by atoms with Crippen molar-refractivity contribution in [2.45, 2.75) is 39.7 Å². The molecule has 0 saturated carbocycles. The molecule has 0 spiro atoms. The molecular formula is C25H33FN4O3. The number of rotatable bonds is 8. The average Bonchev–Trinajstić information content (AvgIpc) is 3.36. The van der Waals surface area contributed by atoms with Crippen molar-refractivity contribution in [2.75, 3.05) is 26.8 Å². The number of carbonyl (C=O) groups is 2. The minimum absolute atomic E-state index is 0.0973. The van der Waals surface area contributed by atoms with Crippen LogP contribution in [0, 0.1) is 11.2 Å². The molecule has 1 atom stereocenters. The molecule has 1 aromatic heterocycles. The van der Waals surface area contributed by atoms with Gasteiger partial charge in [0.2, 0.25) is 5.91 Å². The maximum absolute atomic E-state index is 13.5. The number of methoxy groups -OCH3 is 1. The minimum atomic E-state index is -0.370. The fourth-order valence-electron chi connectivity index (χ4n) is 3.90. The van der Waals surface area contributed by atoms with Gasteiger partial charge >= 0.3 is 0 Å². The molecule has 1 aliphatic heterocycles. The summed E-state index contributed by atoms with van der Waals surface area (Å²) in [5, 5.41) is 6.10. The number of benzene rings is 1. The first-order valence-electron chi connectivity index (χ1n) is 11.1. The second-order valence-electron chi connectivity index (χ2n) is 9.61. The minimum Gasteiger partial charge on any atom is -0.383 e. The summed E-state index contributed by atoms with van der Waals surface area (Å²) in [6.07, 6.45) is 2.75. The van der Waals surface area contributed by atoms with Crippen molar-refractivity contribution in [1.82, 2.24) is 14.5 Å². The third-order valence-corrected chi connectivity index (χ3v) is 5.59. The maximum Gasteiger partial charge on any atom is 0.262 e. The molecule has 33 heavy (non-hydrogen) atoms. The van der Waals surface area contributed by atoms with Gasteiger partial charge in [0.05, 0.1) is 24.1 Å². The van der Waals surface area contributed by atoms with E-state index in [0.717, 1.165) is 17.0 Å². The standard InChI is InChI=1S/C25H33FN4O3/c1-25(2,3)16-23(31)29(13-14-33-5)17-24(32)30-22(18-8-10-19(26)11-9-18)15-20(27-30)21-7-6-12-28(21)4/h6-12,22H,13-17H2,1-5H3/t22-/m1/s1. The van der Waals surface area contributed by atoms with Crippen molar-refractivity contribution >= 4 is 17.5 Å². The van der Waals surface area contributed by atoms with E-state index in [0.29, 0.717) is 26.0 Å². The molecule has 178 valence electrons. The summed E-state index contributed by atoms with van der Waals surface area (Å²) in [6, 6.07) is 9.63. The molecule has 0 aliphatic carbocycles. The van der Waals surface area contributed by atoms with Gasteiger partial charge in [0.25, 0.3) is 5.91 Å². The number of aryl methyl sites for hydroxylation is 1. The maximum atomic E-state index is 13.5. The first-order valence-corrected chi connectivity index (χ1v) is 11.1. The highest BCUT2D eigenvalue weighted by atomic mass is 19.1. The largest absolute Gasteiger partial charge is 0.383 e. The number of aromatic nitrogens is 1. The average molecular weight is 457 g/mol. The lowest BCUT2D eigenvalue weighted by molar-refractivity contribution is -0.143. The molecule has 2 aromatic rings. The van der Waals surface area contributed by atoms with Crippen LogP contribution in [0.4, 0.5) is 4.39 Å². The molecule has 2 heterocycles. The predicted molar refractivity (Wildman–Crippen MR) is 125 cm³/mol. The Hall–Kier alpha value is -3.00. The van der Waals surface area contributed by atoms with Gasteiger partial charge in [-0.3, -0.25) is 9.59 Å². The number of carbonyl (C=O) groups excluding carboxylic acids is 2. The Bertz CT molecular complexity index is 1010. The third-order valence-electron chi connectivity index (χ3n) is 5.59. The molecule has 8 heteroatoms. The normalized spacial score (nSPS) is 16.1. The van der Waals surface area contributed by atoms with E-state index in [1.165, 1.54) is 22.0 Å². The van der Waals surface area contributed by atoms with Gasteiger partial charge in [0, 0.05) is 39.7 Å². The summed E-state index contributed by atoms with van der Waals surface area (Å²) in [4.78, 5) is 27.9. The van der Waals surface area contributed by atoms with Crippen LogP contribution < -0.4 is 0 Å². The molecule has 0 N–H and O–H groups in total. The molecule has 7 nitrogen and oxygen atoms in total. The summed E-state index contributed by atoms with van der Waals surface area (Å²) in [7, 11) is 3.49. The van der Waals surface area contributed by atoms with Crippen LogP contribution in [0.3, 0.4) is 0 Å². The first-order chi connectivity index (χ1) is 15.6. The number of nitrogens with zero attached hydrogens (tertiary/aromatic N) is 4. The first kappa shape index (κ1) is 24.6. The van der Waals surface area contributed by atoms with E-state index in [1.807, 2.05) is 50.7 Å². The van der Waals surface area contributed by atoms with Crippen LogP contribution in [-0.2, 0) is 21.4 Å². The van der Waals surface area contributed by atoms with Crippen molar-refractivity contribution in [3.63, 3.8) is 0 Å². The molecule has 0 radical (unpaired) electrons. The van der Waals surface area contributed by atoms with Gasteiger partial charge in [-0.25, -0.2) is 9.40 Å². The number of hydrogen-bond donors (Lipinski definition) is 0. The zero-order valence-electron chi connectivity index (χ0n) is 20.0. The highest BCUT2D eigenvalue weighted by molar-refractivity contribution is 6.02. The number of hydrazone groups is 1. The van der Waals surface area contributed by atoms with Gasteiger partial charge in [-0.2, -0.15) is 5.10 Å². The Morgan fingerprint density at radius 1 is 1.21 bits per heavy atom. The summed E-state index contributed by atoms with van der Waals surface area (Å²) in [6.45, 7) is 6.52. The molecule has 3 rings (SSSR count). The van der Waals surface area contributed by atoms with E-state index < -0.39 is 0 Å². The summed E-state index contributed by atoms with van der Waals surface area (Å²) >= 11 is 0. The van der Waals surface area contributed by atoms with Crippen molar-refractivity contribution in [2.24, 2.45) is 17.6 Å². The highest BCUT2D eigenvalue weighted by Gasteiger charge is 2.35.